The van der Waals surface area contributed by atoms with Crippen LogP contribution < -0.4 is 15.8 Å². The number of carbonyl (C=O) groups excluding carboxylic acids is 1. The Kier molecular flexibility index (Phi) is 3.77. The summed E-state index contributed by atoms with van der Waals surface area (Å²) >= 11 is 0. The molecule has 1 aromatic carbocycles. The third-order valence-corrected chi connectivity index (χ3v) is 4.31. The number of carbonyl (C=O) groups is 1. The molecular formula is C16H16F3N3O2. The van der Waals surface area contributed by atoms with Gasteiger partial charge in [0, 0.05) is 17.5 Å². The lowest BCUT2D eigenvalue weighted by molar-refractivity contribution is -0.115. The maximum absolute atomic E-state index is 13.2. The fraction of sp³-hybridized carbons (Fsp3) is 0.375. The van der Waals surface area contributed by atoms with Gasteiger partial charge >= 0.3 is 6.18 Å². The van der Waals surface area contributed by atoms with Crippen LogP contribution in [0.5, 0.6) is 5.75 Å². The topological polar surface area (TPSA) is 76.7 Å². The third kappa shape index (κ3) is 2.83. The molecule has 1 aromatic rings. The molecular weight excluding hydrogens is 323 g/mol. The molecule has 1 saturated carbocycles. The molecule has 24 heavy (non-hydrogen) atoms. The lowest BCUT2D eigenvalue weighted by Crippen LogP contribution is -2.47. The Hall–Kier alpha value is -2.51. The van der Waals surface area contributed by atoms with Gasteiger partial charge in [-0.3, -0.25) is 4.79 Å². The van der Waals surface area contributed by atoms with Crippen molar-refractivity contribution in [1.82, 2.24) is 5.32 Å². The molecule has 1 spiro atoms. The summed E-state index contributed by atoms with van der Waals surface area (Å²) in [7, 11) is 1.50. The summed E-state index contributed by atoms with van der Waals surface area (Å²) in [5.74, 6) is -0.0678. The minimum absolute atomic E-state index is 0.152. The summed E-state index contributed by atoms with van der Waals surface area (Å²) in [6.45, 7) is 0.152. The van der Waals surface area contributed by atoms with Crippen molar-refractivity contribution in [2.24, 2.45) is 16.1 Å². The van der Waals surface area contributed by atoms with E-state index in [9.17, 15) is 18.0 Å². The van der Waals surface area contributed by atoms with Crippen LogP contribution in [0.25, 0.3) is 0 Å². The van der Waals surface area contributed by atoms with Gasteiger partial charge < -0.3 is 15.8 Å². The molecule has 0 radical (unpaired) electrons. The van der Waals surface area contributed by atoms with E-state index in [1.165, 1.54) is 7.11 Å². The Labute approximate surface area is 136 Å². The Balaban J connectivity index is 2.10. The van der Waals surface area contributed by atoms with Crippen LogP contribution in [0.4, 0.5) is 18.9 Å². The van der Waals surface area contributed by atoms with Crippen molar-refractivity contribution < 1.29 is 22.7 Å². The SMILES string of the molecule is COc1ccc(N=C2C(=O)NCC3(CC3)C2=C(N)C(F)(F)F)cc1. The number of piperidine rings is 1. The molecule has 5 nitrogen and oxygen atoms in total. The first kappa shape index (κ1) is 16.4. The van der Waals surface area contributed by atoms with E-state index in [1.54, 1.807) is 24.3 Å². The molecule has 3 N–H and O–H groups in total. The molecule has 0 aromatic heterocycles. The summed E-state index contributed by atoms with van der Waals surface area (Å²) in [6, 6.07) is 6.36. The smallest absolute Gasteiger partial charge is 0.431 e. The Morgan fingerprint density at radius 3 is 2.42 bits per heavy atom. The van der Waals surface area contributed by atoms with Gasteiger partial charge in [0.25, 0.3) is 5.91 Å². The molecule has 1 aliphatic heterocycles. The maximum atomic E-state index is 13.2. The molecule has 1 heterocycles. The van der Waals surface area contributed by atoms with Gasteiger partial charge in [-0.1, -0.05) is 0 Å². The van der Waals surface area contributed by atoms with Crippen LogP contribution in [0.3, 0.4) is 0 Å². The van der Waals surface area contributed by atoms with Gasteiger partial charge in [0.05, 0.1) is 12.8 Å². The van der Waals surface area contributed by atoms with E-state index >= 15 is 0 Å². The van der Waals surface area contributed by atoms with Gasteiger partial charge in [0.2, 0.25) is 0 Å². The van der Waals surface area contributed by atoms with Crippen LogP contribution in [-0.2, 0) is 4.79 Å². The molecule has 1 saturated heterocycles. The second kappa shape index (κ2) is 5.54. The van der Waals surface area contributed by atoms with Crippen LogP contribution in [0, 0.1) is 5.41 Å². The number of halogens is 3. The summed E-state index contributed by atoms with van der Waals surface area (Å²) in [4.78, 5) is 16.3. The van der Waals surface area contributed by atoms with Crippen molar-refractivity contribution in [3.63, 3.8) is 0 Å². The number of benzene rings is 1. The summed E-state index contributed by atoms with van der Waals surface area (Å²) < 4.78 is 44.5. The largest absolute Gasteiger partial charge is 0.497 e. The highest BCUT2D eigenvalue weighted by Crippen LogP contribution is 2.55. The predicted molar refractivity (Wildman–Crippen MR) is 82.0 cm³/mol. The first-order valence-electron chi connectivity index (χ1n) is 7.35. The van der Waals surface area contributed by atoms with E-state index in [0.29, 0.717) is 24.3 Å². The Morgan fingerprint density at radius 1 is 1.29 bits per heavy atom. The molecule has 2 aliphatic rings. The fourth-order valence-electron chi connectivity index (χ4n) is 2.81. The van der Waals surface area contributed by atoms with Crippen LogP contribution in [0.1, 0.15) is 12.8 Å². The maximum Gasteiger partial charge on any atom is 0.431 e. The monoisotopic (exact) mass is 339 g/mol. The van der Waals surface area contributed by atoms with Crippen molar-refractivity contribution in [2.45, 2.75) is 19.0 Å². The second-order valence-corrected chi connectivity index (χ2v) is 5.91. The van der Waals surface area contributed by atoms with Crippen LogP contribution >= 0.6 is 0 Å². The van der Waals surface area contributed by atoms with E-state index in [4.69, 9.17) is 10.5 Å². The number of methoxy groups -OCH3 is 1. The molecule has 0 atom stereocenters. The normalized spacial score (nSPS) is 23.2. The summed E-state index contributed by atoms with van der Waals surface area (Å²) in [6.07, 6.45) is -3.62. The number of rotatable bonds is 2. The van der Waals surface area contributed by atoms with Crippen LogP contribution in [0.2, 0.25) is 0 Å². The van der Waals surface area contributed by atoms with Crippen molar-refractivity contribution in [2.75, 3.05) is 13.7 Å². The molecule has 1 amide bonds. The zero-order chi connectivity index (χ0) is 17.5. The van der Waals surface area contributed by atoms with Gasteiger partial charge in [-0.25, -0.2) is 4.99 Å². The van der Waals surface area contributed by atoms with E-state index in [0.717, 1.165) is 0 Å². The summed E-state index contributed by atoms with van der Waals surface area (Å²) in [5, 5.41) is 2.61. The van der Waals surface area contributed by atoms with Crippen molar-refractivity contribution in [3.05, 3.63) is 35.5 Å². The second-order valence-electron chi connectivity index (χ2n) is 5.91. The van der Waals surface area contributed by atoms with E-state index in [2.05, 4.69) is 10.3 Å². The van der Waals surface area contributed by atoms with Crippen molar-refractivity contribution >= 4 is 17.3 Å². The van der Waals surface area contributed by atoms with E-state index in [1.807, 2.05) is 0 Å². The van der Waals surface area contributed by atoms with Crippen LogP contribution in [-0.4, -0.2) is 31.4 Å². The molecule has 8 heteroatoms. The van der Waals surface area contributed by atoms with Gasteiger partial charge in [0.1, 0.15) is 17.2 Å². The minimum atomic E-state index is -4.71. The number of nitrogens with one attached hydrogen (secondary N) is 1. The highest BCUT2D eigenvalue weighted by atomic mass is 19.4. The fourth-order valence-corrected chi connectivity index (χ4v) is 2.81. The number of ether oxygens (including phenoxy) is 1. The third-order valence-electron chi connectivity index (χ3n) is 4.31. The van der Waals surface area contributed by atoms with Gasteiger partial charge in [-0.15, -0.1) is 0 Å². The number of aliphatic imine (C=N–C) groups is 1. The molecule has 0 unspecified atom stereocenters. The van der Waals surface area contributed by atoms with Gasteiger partial charge in [-0.2, -0.15) is 13.2 Å². The van der Waals surface area contributed by atoms with Crippen molar-refractivity contribution in [1.29, 1.82) is 0 Å². The van der Waals surface area contributed by atoms with Gasteiger partial charge in [0.15, 0.2) is 0 Å². The molecule has 2 fully saturated rings. The lowest BCUT2D eigenvalue weighted by atomic mass is 9.85. The minimum Gasteiger partial charge on any atom is -0.497 e. The number of nitrogens with zero attached hydrogens (tertiary/aromatic N) is 1. The predicted octanol–water partition coefficient (Wildman–Crippen LogP) is 2.45. The number of amides is 1. The number of hydrogen-bond acceptors (Lipinski definition) is 4. The van der Waals surface area contributed by atoms with Crippen molar-refractivity contribution in [3.8, 4) is 5.75 Å². The number of alkyl halides is 3. The lowest BCUT2D eigenvalue weighted by Gasteiger charge is -2.29. The molecule has 1 aliphatic carbocycles. The Morgan fingerprint density at radius 2 is 1.92 bits per heavy atom. The van der Waals surface area contributed by atoms with Gasteiger partial charge in [-0.05, 0) is 37.1 Å². The molecule has 0 bridgehead atoms. The molecule has 128 valence electrons. The number of nitrogens with two attached hydrogens (primary N) is 1. The van der Waals surface area contributed by atoms with E-state index in [-0.39, 0.29) is 17.8 Å². The average molecular weight is 339 g/mol. The first-order valence-corrected chi connectivity index (χ1v) is 7.35. The quantitative estimate of drug-likeness (QED) is 0.869. The summed E-state index contributed by atoms with van der Waals surface area (Å²) in [5.41, 5.74) is 3.28. The molecule has 3 rings (SSSR count). The average Bonchev–Trinajstić information content (AvgIpc) is 3.31. The number of allylic oxidation sites excluding steroid dienone is 1. The Bertz CT molecular complexity index is 732. The zero-order valence-electron chi connectivity index (χ0n) is 12.9. The van der Waals surface area contributed by atoms with E-state index < -0.39 is 23.2 Å². The highest BCUT2D eigenvalue weighted by molar-refractivity contribution is 6.47. The number of hydrogen-bond donors (Lipinski definition) is 2. The standard InChI is InChI=1S/C16H16F3N3O2/c1-24-10-4-2-9(3-5-10)22-12-11(13(20)16(17,18)19)15(6-7-15)8-21-14(12)23/h2-5H,6-8,20H2,1H3,(H,21,23). The first-order chi connectivity index (χ1) is 11.3. The zero-order valence-corrected chi connectivity index (χ0v) is 12.9. The highest BCUT2D eigenvalue weighted by Gasteiger charge is 2.55. The van der Waals surface area contributed by atoms with Crippen LogP contribution in [0.15, 0.2) is 40.5 Å².